The lowest BCUT2D eigenvalue weighted by molar-refractivity contribution is 0.00578. The molecule has 146 valence electrons. The van der Waals surface area contributed by atoms with Crippen molar-refractivity contribution in [2.24, 2.45) is 0 Å². The monoisotopic (exact) mass is 379 g/mol. The van der Waals surface area contributed by atoms with Crippen LogP contribution < -0.4 is 11.0 Å². The minimum atomic E-state index is -1.82. The SMILES string of the molecule is CC1(C)OB(c2ccc(=O)n(CCO[Si](C)(C)C(C)(C)C)c2)OC1(C)C. The zero-order valence-corrected chi connectivity index (χ0v) is 18.8. The van der Waals surface area contributed by atoms with Crippen molar-refractivity contribution in [1.29, 1.82) is 0 Å². The molecule has 26 heavy (non-hydrogen) atoms. The number of pyridine rings is 1. The fraction of sp³-hybridized carbons (Fsp3) is 0.737. The highest BCUT2D eigenvalue weighted by Gasteiger charge is 2.51. The molecule has 1 aromatic heterocycles. The van der Waals surface area contributed by atoms with Crippen LogP contribution in [0.5, 0.6) is 0 Å². The zero-order chi connectivity index (χ0) is 20.0. The van der Waals surface area contributed by atoms with Crippen LogP contribution in [0, 0.1) is 0 Å². The van der Waals surface area contributed by atoms with E-state index in [0.717, 1.165) is 5.46 Å². The van der Waals surface area contributed by atoms with Gasteiger partial charge in [-0.2, -0.15) is 0 Å². The summed E-state index contributed by atoms with van der Waals surface area (Å²) in [6, 6.07) is 3.36. The van der Waals surface area contributed by atoms with E-state index in [1.165, 1.54) is 0 Å². The van der Waals surface area contributed by atoms with Crippen molar-refractivity contribution >= 4 is 20.9 Å². The Hall–Kier alpha value is -0.888. The van der Waals surface area contributed by atoms with Crippen molar-refractivity contribution in [2.45, 2.75) is 84.3 Å². The molecule has 7 heteroatoms. The van der Waals surface area contributed by atoms with Crippen molar-refractivity contribution in [2.75, 3.05) is 6.61 Å². The van der Waals surface area contributed by atoms with E-state index in [2.05, 4.69) is 33.9 Å². The predicted molar refractivity (Wildman–Crippen MR) is 110 cm³/mol. The molecule has 5 nitrogen and oxygen atoms in total. The van der Waals surface area contributed by atoms with Crippen molar-refractivity contribution in [1.82, 2.24) is 4.57 Å². The van der Waals surface area contributed by atoms with E-state index in [4.69, 9.17) is 13.7 Å². The molecular formula is C19H34BNO4Si. The van der Waals surface area contributed by atoms with Crippen LogP contribution in [0.1, 0.15) is 48.5 Å². The Morgan fingerprint density at radius 3 is 2.15 bits per heavy atom. The van der Waals surface area contributed by atoms with Gasteiger partial charge in [0.05, 0.1) is 17.8 Å². The molecule has 2 heterocycles. The summed E-state index contributed by atoms with van der Waals surface area (Å²) in [5, 5.41) is 0.155. The lowest BCUT2D eigenvalue weighted by Crippen LogP contribution is -2.42. The molecule has 0 amide bonds. The van der Waals surface area contributed by atoms with Gasteiger partial charge in [0.15, 0.2) is 8.32 Å². The second kappa shape index (κ2) is 6.93. The molecule has 0 unspecified atom stereocenters. The molecule has 1 aliphatic rings. The Morgan fingerprint density at radius 2 is 1.65 bits per heavy atom. The summed E-state index contributed by atoms with van der Waals surface area (Å²) >= 11 is 0. The lowest BCUT2D eigenvalue weighted by Gasteiger charge is -2.36. The third-order valence-corrected chi connectivity index (χ3v) is 10.7. The van der Waals surface area contributed by atoms with E-state index >= 15 is 0 Å². The van der Waals surface area contributed by atoms with Gasteiger partial charge < -0.3 is 18.3 Å². The lowest BCUT2D eigenvalue weighted by atomic mass is 9.80. The standard InChI is InChI=1S/C19H34BNO4Si/c1-17(2,3)26(8,9)23-13-12-21-14-15(10-11-16(21)22)20-24-18(4,5)19(6,7)25-20/h10-11,14H,12-13H2,1-9H3. The van der Waals surface area contributed by atoms with Crippen molar-refractivity contribution in [3.8, 4) is 0 Å². The van der Waals surface area contributed by atoms with Crippen LogP contribution in [0.3, 0.4) is 0 Å². The number of hydrogen-bond donors (Lipinski definition) is 0. The number of aromatic nitrogens is 1. The molecule has 1 fully saturated rings. The van der Waals surface area contributed by atoms with E-state index in [1.807, 2.05) is 33.9 Å². The van der Waals surface area contributed by atoms with Crippen molar-refractivity contribution < 1.29 is 13.7 Å². The van der Waals surface area contributed by atoms with Crippen LogP contribution in [-0.4, -0.2) is 37.8 Å². The number of rotatable bonds is 5. The van der Waals surface area contributed by atoms with Gasteiger partial charge in [-0.15, -0.1) is 0 Å². The Kier molecular flexibility index (Phi) is 5.71. The highest BCUT2D eigenvalue weighted by Crippen LogP contribution is 2.37. The number of nitrogens with zero attached hydrogens (tertiary/aromatic N) is 1. The van der Waals surface area contributed by atoms with Gasteiger partial charge in [-0.05, 0) is 51.3 Å². The first-order valence-corrected chi connectivity index (χ1v) is 12.3. The van der Waals surface area contributed by atoms with Crippen molar-refractivity contribution in [3.05, 3.63) is 28.7 Å². The average Bonchev–Trinajstić information content (AvgIpc) is 2.68. The van der Waals surface area contributed by atoms with E-state index < -0.39 is 26.6 Å². The van der Waals surface area contributed by atoms with E-state index in [0.29, 0.717) is 13.2 Å². The first-order chi connectivity index (χ1) is 11.7. The molecule has 1 saturated heterocycles. The predicted octanol–water partition coefficient (Wildman–Crippen LogP) is 3.17. The van der Waals surface area contributed by atoms with Gasteiger partial charge in [-0.25, -0.2) is 0 Å². The minimum Gasteiger partial charge on any atom is -0.415 e. The molecule has 0 aliphatic carbocycles. The molecule has 0 saturated carbocycles. The molecule has 1 aliphatic heterocycles. The second-order valence-electron chi connectivity index (χ2n) is 9.69. The molecule has 0 N–H and O–H groups in total. The minimum absolute atomic E-state index is 0.0379. The fourth-order valence-corrected chi connectivity index (χ4v) is 3.49. The van der Waals surface area contributed by atoms with Crippen LogP contribution >= 0.6 is 0 Å². The quantitative estimate of drug-likeness (QED) is 0.738. The first-order valence-electron chi connectivity index (χ1n) is 9.36. The fourth-order valence-electron chi connectivity index (χ4n) is 2.46. The second-order valence-corrected chi connectivity index (χ2v) is 14.5. The largest absolute Gasteiger partial charge is 0.496 e. The maximum absolute atomic E-state index is 12.2. The van der Waals surface area contributed by atoms with Crippen LogP contribution in [-0.2, 0) is 20.3 Å². The summed E-state index contributed by atoms with van der Waals surface area (Å²) in [5.41, 5.74) is 0.0217. The molecule has 0 radical (unpaired) electrons. The van der Waals surface area contributed by atoms with E-state index in [1.54, 1.807) is 16.7 Å². The normalized spacial score (nSPS) is 19.8. The highest BCUT2D eigenvalue weighted by atomic mass is 28.4. The molecule has 0 atom stereocenters. The highest BCUT2D eigenvalue weighted by molar-refractivity contribution is 6.74. The Labute approximate surface area is 159 Å². The van der Waals surface area contributed by atoms with Gasteiger partial charge in [-0.3, -0.25) is 4.79 Å². The van der Waals surface area contributed by atoms with Gasteiger partial charge in [-0.1, -0.05) is 26.8 Å². The summed E-state index contributed by atoms with van der Waals surface area (Å²) in [5.74, 6) is 0. The Morgan fingerprint density at radius 1 is 1.12 bits per heavy atom. The molecular weight excluding hydrogens is 345 g/mol. The summed E-state index contributed by atoms with van der Waals surface area (Å²) in [6.07, 6.45) is 1.83. The van der Waals surface area contributed by atoms with Gasteiger partial charge in [0.25, 0.3) is 5.56 Å². The maximum atomic E-state index is 12.2. The van der Waals surface area contributed by atoms with Crippen LogP contribution in [0.4, 0.5) is 0 Å². The van der Waals surface area contributed by atoms with Crippen LogP contribution in [0.2, 0.25) is 18.1 Å². The van der Waals surface area contributed by atoms with Gasteiger partial charge >= 0.3 is 7.12 Å². The molecule has 0 spiro atoms. The van der Waals surface area contributed by atoms with E-state index in [-0.39, 0.29) is 10.6 Å². The molecule has 1 aromatic rings. The van der Waals surface area contributed by atoms with Crippen LogP contribution in [0.15, 0.2) is 23.1 Å². The smallest absolute Gasteiger partial charge is 0.415 e. The summed E-state index contributed by atoms with van der Waals surface area (Å²) in [4.78, 5) is 12.2. The Balaban J connectivity index is 2.11. The summed E-state index contributed by atoms with van der Waals surface area (Å²) < 4.78 is 20.1. The van der Waals surface area contributed by atoms with Gasteiger partial charge in [0.2, 0.25) is 0 Å². The van der Waals surface area contributed by atoms with Crippen molar-refractivity contribution in [3.63, 3.8) is 0 Å². The van der Waals surface area contributed by atoms with Gasteiger partial charge in [0, 0.05) is 18.8 Å². The van der Waals surface area contributed by atoms with E-state index in [9.17, 15) is 4.79 Å². The number of hydrogen-bond acceptors (Lipinski definition) is 4. The Bertz CT molecular complexity index is 690. The topological polar surface area (TPSA) is 49.7 Å². The third kappa shape index (κ3) is 4.33. The van der Waals surface area contributed by atoms with Crippen LogP contribution in [0.25, 0.3) is 0 Å². The third-order valence-electron chi connectivity index (χ3n) is 6.13. The molecule has 2 rings (SSSR count). The maximum Gasteiger partial charge on any atom is 0.496 e. The average molecular weight is 379 g/mol. The first kappa shape index (κ1) is 21.4. The van der Waals surface area contributed by atoms with Gasteiger partial charge in [0.1, 0.15) is 0 Å². The molecule has 0 bridgehead atoms. The summed E-state index contributed by atoms with van der Waals surface area (Å²) in [6.45, 7) is 20.2. The molecule has 0 aromatic carbocycles. The summed E-state index contributed by atoms with van der Waals surface area (Å²) in [7, 11) is -2.28. The zero-order valence-electron chi connectivity index (χ0n) is 17.8.